The van der Waals surface area contributed by atoms with Gasteiger partial charge in [-0.1, -0.05) is 179 Å². The largest absolute Gasteiger partial charge is 0.310 e. The van der Waals surface area contributed by atoms with Gasteiger partial charge >= 0.3 is 0 Å². The van der Waals surface area contributed by atoms with Crippen LogP contribution in [0.1, 0.15) is 49.9 Å². The summed E-state index contributed by atoms with van der Waals surface area (Å²) in [5.74, 6) is 0. The lowest BCUT2D eigenvalue weighted by atomic mass is 9.82. The van der Waals surface area contributed by atoms with Crippen molar-refractivity contribution in [3.8, 4) is 55.8 Å². The van der Waals surface area contributed by atoms with Crippen LogP contribution in [0.5, 0.6) is 0 Å². The molecule has 300 valence electrons. The van der Waals surface area contributed by atoms with Crippen LogP contribution in [0.15, 0.2) is 206 Å². The lowest BCUT2D eigenvalue weighted by Crippen LogP contribution is -2.18. The Morgan fingerprint density at radius 1 is 0.317 bits per heavy atom. The van der Waals surface area contributed by atoms with E-state index in [1.807, 2.05) is 0 Å². The van der Waals surface area contributed by atoms with Crippen LogP contribution in [0.25, 0.3) is 77.4 Å². The van der Waals surface area contributed by atoms with E-state index in [2.05, 4.69) is 239 Å². The van der Waals surface area contributed by atoms with E-state index in [1.165, 1.54) is 66.4 Å². The maximum Gasteiger partial charge on any atom is 0.0788 e. The zero-order valence-corrected chi connectivity index (χ0v) is 36.0. The summed E-state index contributed by atoms with van der Waals surface area (Å²) in [5, 5.41) is 3.59. The van der Waals surface area contributed by atoms with Gasteiger partial charge in [0.15, 0.2) is 0 Å². The Balaban J connectivity index is 1.01. The molecule has 0 bridgehead atoms. The lowest BCUT2D eigenvalue weighted by Gasteiger charge is -2.30. The second-order valence-electron chi connectivity index (χ2n) is 18.4. The van der Waals surface area contributed by atoms with Gasteiger partial charge in [-0.25, -0.2) is 4.98 Å². The molecule has 2 nitrogen and oxygen atoms in total. The van der Waals surface area contributed by atoms with Crippen LogP contribution >= 0.6 is 0 Å². The third-order valence-corrected chi connectivity index (χ3v) is 14.1. The maximum atomic E-state index is 5.43. The normalized spacial score (nSPS) is 14.0. The fourth-order valence-electron chi connectivity index (χ4n) is 10.7. The standard InChI is InChI=1S/C61H46N2/c1-60(2)54-22-12-10-20-49(54)51-33-31-45(37-56(51)60)63(46-32-34-52-50-21-11-13-23-55(50)61(3,4)57(52)38-46)44-29-27-40(28-30-44)59-53(36-43-17-7-14-24-58(43)62-59)48-19-9-8-18-47(48)42-26-25-39-15-5-6-16-41(39)35-42/h5-38H,1-4H3. The van der Waals surface area contributed by atoms with E-state index in [-0.39, 0.29) is 10.8 Å². The molecular weight excluding hydrogens is 761 g/mol. The minimum Gasteiger partial charge on any atom is -0.310 e. The van der Waals surface area contributed by atoms with Crippen molar-refractivity contribution < 1.29 is 0 Å². The van der Waals surface area contributed by atoms with Crippen molar-refractivity contribution >= 4 is 38.7 Å². The third kappa shape index (κ3) is 5.82. The zero-order chi connectivity index (χ0) is 42.5. The van der Waals surface area contributed by atoms with E-state index in [4.69, 9.17) is 4.98 Å². The first-order valence-electron chi connectivity index (χ1n) is 22.1. The molecule has 0 saturated carbocycles. The Labute approximate surface area is 369 Å². The van der Waals surface area contributed by atoms with Crippen molar-refractivity contribution in [2.75, 3.05) is 4.90 Å². The van der Waals surface area contributed by atoms with E-state index in [0.717, 1.165) is 50.3 Å². The van der Waals surface area contributed by atoms with Gasteiger partial charge in [0.25, 0.3) is 0 Å². The molecule has 0 radical (unpaired) electrons. The van der Waals surface area contributed by atoms with E-state index in [1.54, 1.807) is 0 Å². The first-order valence-corrected chi connectivity index (χ1v) is 22.1. The molecule has 0 unspecified atom stereocenters. The second kappa shape index (κ2) is 14.0. The van der Waals surface area contributed by atoms with Crippen LogP contribution in [0.2, 0.25) is 0 Å². The smallest absolute Gasteiger partial charge is 0.0788 e. The first kappa shape index (κ1) is 37.2. The number of hydrogen-bond donors (Lipinski definition) is 0. The first-order chi connectivity index (χ1) is 30.7. The molecule has 0 N–H and O–H groups in total. The SMILES string of the molecule is CC1(C)c2ccccc2-c2ccc(N(c3ccc(-c4nc5ccccc5cc4-c4ccccc4-c4ccc5ccccc5c4)cc3)c3ccc4c(c3)C(C)(C)c3ccccc3-4)cc21. The molecule has 0 aliphatic heterocycles. The lowest BCUT2D eigenvalue weighted by molar-refractivity contribution is 0.660. The van der Waals surface area contributed by atoms with E-state index < -0.39 is 0 Å². The van der Waals surface area contributed by atoms with Gasteiger partial charge in [-0.2, -0.15) is 0 Å². The van der Waals surface area contributed by atoms with Crippen molar-refractivity contribution in [2.24, 2.45) is 0 Å². The van der Waals surface area contributed by atoms with Crippen molar-refractivity contribution in [1.29, 1.82) is 0 Å². The summed E-state index contributed by atoms with van der Waals surface area (Å²) in [6, 6.07) is 76.0. The van der Waals surface area contributed by atoms with Crippen LogP contribution in [-0.2, 0) is 10.8 Å². The van der Waals surface area contributed by atoms with Crippen LogP contribution < -0.4 is 4.90 Å². The van der Waals surface area contributed by atoms with E-state index in [9.17, 15) is 0 Å². The van der Waals surface area contributed by atoms with Crippen LogP contribution in [0.4, 0.5) is 17.1 Å². The molecule has 2 aliphatic rings. The number of para-hydroxylation sites is 1. The number of fused-ring (bicyclic) bond motifs is 8. The fraction of sp³-hybridized carbons (Fsp3) is 0.0984. The minimum absolute atomic E-state index is 0.125. The van der Waals surface area contributed by atoms with Gasteiger partial charge in [0, 0.05) is 44.4 Å². The van der Waals surface area contributed by atoms with Gasteiger partial charge < -0.3 is 4.90 Å². The molecule has 2 aliphatic carbocycles. The Morgan fingerprint density at radius 3 is 1.43 bits per heavy atom. The van der Waals surface area contributed by atoms with Crippen molar-refractivity contribution in [1.82, 2.24) is 4.98 Å². The highest BCUT2D eigenvalue weighted by Gasteiger charge is 2.37. The summed E-state index contributed by atoms with van der Waals surface area (Å²) in [7, 11) is 0. The van der Waals surface area contributed by atoms with Gasteiger partial charge in [0.2, 0.25) is 0 Å². The van der Waals surface area contributed by atoms with Crippen molar-refractivity contribution in [3.63, 3.8) is 0 Å². The highest BCUT2D eigenvalue weighted by Crippen LogP contribution is 2.53. The molecule has 9 aromatic carbocycles. The molecule has 0 atom stereocenters. The Bertz CT molecular complexity index is 3350. The maximum absolute atomic E-state index is 5.43. The number of aromatic nitrogens is 1. The van der Waals surface area contributed by atoms with Crippen LogP contribution in [-0.4, -0.2) is 4.98 Å². The molecule has 1 heterocycles. The summed E-state index contributed by atoms with van der Waals surface area (Å²) in [4.78, 5) is 7.88. The van der Waals surface area contributed by atoms with E-state index >= 15 is 0 Å². The van der Waals surface area contributed by atoms with Gasteiger partial charge in [-0.05, 0) is 127 Å². The molecule has 0 fully saturated rings. The number of anilines is 3. The van der Waals surface area contributed by atoms with Crippen molar-refractivity contribution in [3.05, 3.63) is 229 Å². The van der Waals surface area contributed by atoms with Gasteiger partial charge in [-0.15, -0.1) is 0 Å². The predicted molar refractivity (Wildman–Crippen MR) is 265 cm³/mol. The number of pyridine rings is 1. The summed E-state index contributed by atoms with van der Waals surface area (Å²) >= 11 is 0. The van der Waals surface area contributed by atoms with E-state index in [0.29, 0.717) is 0 Å². The molecule has 63 heavy (non-hydrogen) atoms. The summed E-state index contributed by atoms with van der Waals surface area (Å²) in [5.41, 5.74) is 21.6. The van der Waals surface area contributed by atoms with Crippen LogP contribution in [0, 0.1) is 0 Å². The monoisotopic (exact) mass is 806 g/mol. The summed E-state index contributed by atoms with van der Waals surface area (Å²) in [6.07, 6.45) is 0. The zero-order valence-electron chi connectivity index (χ0n) is 36.0. The minimum atomic E-state index is -0.125. The Hall–Kier alpha value is -7.55. The highest BCUT2D eigenvalue weighted by atomic mass is 15.1. The molecule has 0 amide bonds. The molecule has 0 saturated heterocycles. The number of hydrogen-bond acceptors (Lipinski definition) is 2. The Kier molecular flexibility index (Phi) is 8.27. The fourth-order valence-corrected chi connectivity index (χ4v) is 10.7. The predicted octanol–water partition coefficient (Wildman–Crippen LogP) is 16.5. The number of benzene rings is 9. The Morgan fingerprint density at radius 2 is 0.794 bits per heavy atom. The quantitative estimate of drug-likeness (QED) is 0.166. The molecular formula is C61H46N2. The highest BCUT2D eigenvalue weighted by molar-refractivity contribution is 5.98. The average Bonchev–Trinajstić information content (AvgIpc) is 3.70. The molecule has 0 spiro atoms. The number of nitrogens with zero attached hydrogens (tertiary/aromatic N) is 2. The molecule has 12 rings (SSSR count). The third-order valence-electron chi connectivity index (χ3n) is 14.1. The van der Waals surface area contributed by atoms with Gasteiger partial charge in [0.1, 0.15) is 0 Å². The van der Waals surface area contributed by atoms with Gasteiger partial charge in [0.05, 0.1) is 11.2 Å². The number of rotatable bonds is 6. The van der Waals surface area contributed by atoms with Crippen molar-refractivity contribution in [2.45, 2.75) is 38.5 Å². The van der Waals surface area contributed by atoms with Crippen LogP contribution in [0.3, 0.4) is 0 Å². The summed E-state index contributed by atoms with van der Waals surface area (Å²) < 4.78 is 0. The molecule has 10 aromatic rings. The second-order valence-corrected chi connectivity index (χ2v) is 18.4. The topological polar surface area (TPSA) is 16.1 Å². The average molecular weight is 807 g/mol. The molecule has 1 aromatic heterocycles. The van der Waals surface area contributed by atoms with Gasteiger partial charge in [-0.3, -0.25) is 0 Å². The summed E-state index contributed by atoms with van der Waals surface area (Å²) in [6.45, 7) is 9.45. The molecule has 2 heteroatoms.